The van der Waals surface area contributed by atoms with E-state index >= 15 is 0 Å². The van der Waals surface area contributed by atoms with Crippen LogP contribution in [0.15, 0.2) is 30.0 Å². The SMILES string of the molecule is O=C(O)CN1CCN(CC(=O)O)CCN(Cc2cn(CC3=CC=CC3)nn2)CCN(CC(=O)O)CC1. The Morgan fingerprint density at radius 3 is 1.61 bits per heavy atom. The van der Waals surface area contributed by atoms with Crippen molar-refractivity contribution in [3.05, 3.63) is 35.7 Å². The Morgan fingerprint density at radius 1 is 0.722 bits per heavy atom. The molecule has 3 N–H and O–H groups in total. The molecule has 0 unspecified atom stereocenters. The minimum atomic E-state index is -0.976. The van der Waals surface area contributed by atoms with Gasteiger partial charge >= 0.3 is 17.9 Å². The maximum Gasteiger partial charge on any atom is 0.317 e. The van der Waals surface area contributed by atoms with E-state index < -0.39 is 17.9 Å². The van der Waals surface area contributed by atoms with Gasteiger partial charge in [0, 0.05) is 58.9 Å². The molecule has 198 valence electrons. The molecule has 13 heteroatoms. The highest BCUT2D eigenvalue weighted by Crippen LogP contribution is 2.13. The van der Waals surface area contributed by atoms with Crippen molar-refractivity contribution < 1.29 is 29.7 Å². The van der Waals surface area contributed by atoms with Crippen LogP contribution in [0.2, 0.25) is 0 Å². The van der Waals surface area contributed by atoms with Crippen LogP contribution in [0.1, 0.15) is 12.1 Å². The number of aliphatic carboxylic acids is 3. The molecule has 1 aliphatic heterocycles. The van der Waals surface area contributed by atoms with Crippen LogP contribution in [0.25, 0.3) is 0 Å². The first-order valence-corrected chi connectivity index (χ1v) is 12.0. The molecule has 3 rings (SSSR count). The molecular formula is C23H35N7O6. The Kier molecular flexibility index (Phi) is 10.5. The third-order valence-electron chi connectivity index (χ3n) is 6.19. The summed E-state index contributed by atoms with van der Waals surface area (Å²) in [6.45, 7) is 4.29. The van der Waals surface area contributed by atoms with Crippen LogP contribution < -0.4 is 0 Å². The highest BCUT2D eigenvalue weighted by atomic mass is 16.4. The molecule has 1 fully saturated rings. The van der Waals surface area contributed by atoms with Crippen LogP contribution in [-0.4, -0.2) is 140 Å². The number of carboxylic acid groups (broad SMARTS) is 3. The number of hydrogen-bond donors (Lipinski definition) is 3. The van der Waals surface area contributed by atoms with E-state index in [1.165, 1.54) is 5.57 Å². The van der Waals surface area contributed by atoms with Crippen LogP contribution in [0.4, 0.5) is 0 Å². The molecule has 13 nitrogen and oxygen atoms in total. The molecule has 0 spiro atoms. The second-order valence-corrected chi connectivity index (χ2v) is 9.15. The average Bonchev–Trinajstić information content (AvgIpc) is 3.47. The molecule has 1 saturated heterocycles. The topological polar surface area (TPSA) is 156 Å². The van der Waals surface area contributed by atoms with Gasteiger partial charge in [-0.15, -0.1) is 5.10 Å². The zero-order valence-electron chi connectivity index (χ0n) is 20.4. The van der Waals surface area contributed by atoms with Crippen molar-refractivity contribution >= 4 is 17.9 Å². The lowest BCUT2D eigenvalue weighted by atomic mass is 10.2. The number of carbonyl (C=O) groups is 3. The second kappa shape index (κ2) is 13.8. The van der Waals surface area contributed by atoms with Gasteiger partial charge in [0.25, 0.3) is 0 Å². The Bertz CT molecular complexity index is 931. The summed E-state index contributed by atoms with van der Waals surface area (Å²) in [5.41, 5.74) is 2.04. The van der Waals surface area contributed by atoms with Gasteiger partial charge in [-0.3, -0.25) is 34.0 Å². The molecule has 1 aromatic heterocycles. The summed E-state index contributed by atoms with van der Waals surface area (Å²) in [6, 6.07) is 0. The van der Waals surface area contributed by atoms with Crippen molar-refractivity contribution in [2.24, 2.45) is 0 Å². The maximum absolute atomic E-state index is 11.4. The number of hydrogen-bond acceptors (Lipinski definition) is 9. The Balaban J connectivity index is 1.69. The van der Waals surface area contributed by atoms with E-state index in [0.717, 1.165) is 12.1 Å². The summed E-state index contributed by atoms with van der Waals surface area (Å²) in [7, 11) is 0. The van der Waals surface area contributed by atoms with E-state index in [2.05, 4.69) is 27.4 Å². The molecule has 1 aromatic rings. The first kappa shape index (κ1) is 27.5. The maximum atomic E-state index is 11.4. The monoisotopic (exact) mass is 505 g/mol. The van der Waals surface area contributed by atoms with Gasteiger partial charge in [-0.1, -0.05) is 23.4 Å². The largest absolute Gasteiger partial charge is 0.480 e. The van der Waals surface area contributed by atoms with E-state index in [0.29, 0.717) is 65.4 Å². The van der Waals surface area contributed by atoms with Crippen molar-refractivity contribution in [1.82, 2.24) is 34.6 Å². The van der Waals surface area contributed by atoms with Crippen LogP contribution in [0, 0.1) is 0 Å². The predicted molar refractivity (Wildman–Crippen MR) is 129 cm³/mol. The molecule has 2 heterocycles. The summed E-state index contributed by atoms with van der Waals surface area (Å²) in [6.07, 6.45) is 9.00. The summed E-state index contributed by atoms with van der Waals surface area (Å²) in [5.74, 6) is -2.86. The number of rotatable bonds is 10. The number of carboxylic acids is 3. The fraction of sp³-hybridized carbons (Fsp3) is 0.609. The van der Waals surface area contributed by atoms with Gasteiger partial charge in [-0.05, 0) is 12.0 Å². The molecular weight excluding hydrogens is 470 g/mol. The summed E-state index contributed by atoms with van der Waals surface area (Å²) in [4.78, 5) is 41.6. The van der Waals surface area contributed by atoms with Gasteiger partial charge in [0.15, 0.2) is 0 Å². The number of aromatic nitrogens is 3. The predicted octanol–water partition coefficient (Wildman–Crippen LogP) is -0.860. The van der Waals surface area contributed by atoms with Crippen molar-refractivity contribution in [1.29, 1.82) is 0 Å². The quantitative estimate of drug-likeness (QED) is 0.362. The van der Waals surface area contributed by atoms with Gasteiger partial charge in [0.2, 0.25) is 0 Å². The van der Waals surface area contributed by atoms with E-state index in [9.17, 15) is 29.7 Å². The zero-order valence-corrected chi connectivity index (χ0v) is 20.4. The lowest BCUT2D eigenvalue weighted by Crippen LogP contribution is -2.48. The average molecular weight is 506 g/mol. The summed E-state index contributed by atoms with van der Waals surface area (Å²) in [5, 5.41) is 36.5. The normalized spacial score (nSPS) is 19.5. The van der Waals surface area contributed by atoms with Crippen molar-refractivity contribution in [3.8, 4) is 0 Å². The molecule has 0 atom stereocenters. The minimum absolute atomic E-state index is 0.140. The zero-order chi connectivity index (χ0) is 25.9. The van der Waals surface area contributed by atoms with Crippen LogP contribution in [-0.2, 0) is 27.5 Å². The highest BCUT2D eigenvalue weighted by molar-refractivity contribution is 5.69. The molecule has 0 saturated carbocycles. The Hall–Kier alpha value is -3.13. The third kappa shape index (κ3) is 9.85. The van der Waals surface area contributed by atoms with Gasteiger partial charge in [0.05, 0.1) is 38.1 Å². The molecule has 0 amide bonds. The van der Waals surface area contributed by atoms with Crippen LogP contribution in [0.5, 0.6) is 0 Å². The Morgan fingerprint density at radius 2 is 1.19 bits per heavy atom. The molecule has 0 bridgehead atoms. The van der Waals surface area contributed by atoms with Crippen LogP contribution in [0.3, 0.4) is 0 Å². The van der Waals surface area contributed by atoms with E-state index in [-0.39, 0.29) is 19.6 Å². The molecule has 0 radical (unpaired) electrons. The number of allylic oxidation sites excluding steroid dienone is 4. The van der Waals surface area contributed by atoms with Crippen molar-refractivity contribution in [2.45, 2.75) is 19.5 Å². The smallest absolute Gasteiger partial charge is 0.317 e. The van der Waals surface area contributed by atoms with Gasteiger partial charge in [-0.25, -0.2) is 4.68 Å². The standard InChI is InChI=1S/C23H35N7O6/c31-21(32)16-27-7-5-26(14-20-15-30(25-24-20)13-19-3-1-2-4-19)6-8-28(17-22(33)34)10-12-29(11-9-27)18-23(35)36/h1-3,15H,4-14,16-18H2,(H,31,32)(H,33,34)(H,35,36). The lowest BCUT2D eigenvalue weighted by molar-refractivity contribution is -0.140. The molecule has 36 heavy (non-hydrogen) atoms. The summed E-state index contributed by atoms with van der Waals surface area (Å²) < 4.78 is 1.80. The number of nitrogens with zero attached hydrogens (tertiary/aromatic N) is 7. The van der Waals surface area contributed by atoms with Gasteiger partial charge < -0.3 is 15.3 Å². The molecule has 0 aromatic carbocycles. The van der Waals surface area contributed by atoms with Crippen molar-refractivity contribution in [2.75, 3.05) is 72.0 Å². The van der Waals surface area contributed by atoms with Gasteiger partial charge in [-0.2, -0.15) is 0 Å². The third-order valence-corrected chi connectivity index (χ3v) is 6.19. The first-order valence-electron chi connectivity index (χ1n) is 12.0. The Labute approximate surface area is 209 Å². The fourth-order valence-corrected chi connectivity index (χ4v) is 4.32. The summed E-state index contributed by atoms with van der Waals surface area (Å²) >= 11 is 0. The second-order valence-electron chi connectivity index (χ2n) is 9.15. The minimum Gasteiger partial charge on any atom is -0.480 e. The van der Waals surface area contributed by atoms with E-state index in [4.69, 9.17) is 0 Å². The highest BCUT2D eigenvalue weighted by Gasteiger charge is 2.20. The van der Waals surface area contributed by atoms with E-state index in [1.54, 1.807) is 19.4 Å². The first-order chi connectivity index (χ1) is 17.3. The fourth-order valence-electron chi connectivity index (χ4n) is 4.32. The lowest BCUT2D eigenvalue weighted by Gasteiger charge is -2.32. The molecule has 2 aliphatic rings. The van der Waals surface area contributed by atoms with Crippen molar-refractivity contribution in [3.63, 3.8) is 0 Å². The van der Waals surface area contributed by atoms with E-state index in [1.807, 2.05) is 12.3 Å². The molecule has 1 aliphatic carbocycles. The van der Waals surface area contributed by atoms with Gasteiger partial charge in [0.1, 0.15) is 0 Å². The van der Waals surface area contributed by atoms with Crippen LogP contribution >= 0.6 is 0 Å².